The van der Waals surface area contributed by atoms with Gasteiger partial charge in [0.15, 0.2) is 5.11 Å². The number of aliphatic hydroxyl groups excluding tert-OH is 1. The summed E-state index contributed by atoms with van der Waals surface area (Å²) in [6, 6.07) is 6.16. The molecule has 16 heavy (non-hydrogen) atoms. The van der Waals surface area contributed by atoms with E-state index in [-0.39, 0.29) is 0 Å². The van der Waals surface area contributed by atoms with Crippen LogP contribution in [0.25, 0.3) is 0 Å². The van der Waals surface area contributed by atoms with Gasteiger partial charge in [-0.15, -0.1) is 0 Å². The summed E-state index contributed by atoms with van der Waals surface area (Å²) >= 11 is 5.12. The molecule has 1 atom stereocenters. The summed E-state index contributed by atoms with van der Waals surface area (Å²) in [7, 11) is 0. The molecule has 0 aliphatic heterocycles. The van der Waals surface area contributed by atoms with Crippen molar-refractivity contribution in [2.24, 2.45) is 0 Å². The highest BCUT2D eigenvalue weighted by Gasteiger charge is 2.02. The second-order valence-corrected chi connectivity index (χ2v) is 4.41. The van der Waals surface area contributed by atoms with Crippen molar-refractivity contribution in [3.05, 3.63) is 29.3 Å². The number of rotatable bonds is 3. The van der Waals surface area contributed by atoms with Crippen molar-refractivity contribution in [2.75, 3.05) is 11.9 Å². The highest BCUT2D eigenvalue weighted by atomic mass is 32.1. The van der Waals surface area contributed by atoms with E-state index in [1.807, 2.05) is 19.9 Å². The smallest absolute Gasteiger partial charge is 0.170 e. The molecule has 0 heterocycles. The van der Waals surface area contributed by atoms with Crippen molar-refractivity contribution in [3.8, 4) is 0 Å². The number of benzene rings is 1. The van der Waals surface area contributed by atoms with E-state index in [1.165, 1.54) is 5.56 Å². The number of aliphatic hydroxyl groups is 1. The van der Waals surface area contributed by atoms with Gasteiger partial charge in [-0.05, 0) is 50.2 Å². The predicted octanol–water partition coefficient (Wildman–Crippen LogP) is 1.97. The fraction of sp³-hybridized carbons (Fsp3) is 0.417. The summed E-state index contributed by atoms with van der Waals surface area (Å²) < 4.78 is 0. The molecule has 0 bridgehead atoms. The predicted molar refractivity (Wildman–Crippen MR) is 71.8 cm³/mol. The largest absolute Gasteiger partial charge is 0.392 e. The third-order valence-electron chi connectivity index (χ3n) is 2.20. The molecule has 0 aromatic heterocycles. The van der Waals surface area contributed by atoms with Crippen LogP contribution in [0.4, 0.5) is 5.69 Å². The van der Waals surface area contributed by atoms with Crippen LogP contribution in [-0.4, -0.2) is 22.9 Å². The van der Waals surface area contributed by atoms with Gasteiger partial charge in [-0.25, -0.2) is 0 Å². The van der Waals surface area contributed by atoms with Gasteiger partial charge in [0, 0.05) is 12.2 Å². The Morgan fingerprint density at radius 3 is 2.75 bits per heavy atom. The molecule has 3 nitrogen and oxygen atoms in total. The normalized spacial score (nSPS) is 12.0. The molecule has 0 aliphatic rings. The van der Waals surface area contributed by atoms with Gasteiger partial charge in [0.1, 0.15) is 0 Å². The molecule has 0 aliphatic carbocycles. The minimum atomic E-state index is -0.404. The van der Waals surface area contributed by atoms with Gasteiger partial charge in [0.25, 0.3) is 0 Å². The number of hydrogen-bond donors (Lipinski definition) is 3. The van der Waals surface area contributed by atoms with Gasteiger partial charge in [-0.1, -0.05) is 12.1 Å². The first kappa shape index (κ1) is 12.9. The lowest BCUT2D eigenvalue weighted by molar-refractivity contribution is 0.198. The maximum absolute atomic E-state index is 9.12. The number of aryl methyl sites for hydroxylation is 2. The summed E-state index contributed by atoms with van der Waals surface area (Å²) in [6.07, 6.45) is -0.404. The molecule has 3 N–H and O–H groups in total. The zero-order valence-corrected chi connectivity index (χ0v) is 10.7. The molecule has 0 unspecified atom stereocenters. The molecular weight excluding hydrogens is 220 g/mol. The number of thiocarbonyl (C=S) groups is 1. The topological polar surface area (TPSA) is 44.3 Å². The average molecular weight is 238 g/mol. The minimum Gasteiger partial charge on any atom is -0.392 e. The van der Waals surface area contributed by atoms with E-state index in [2.05, 4.69) is 22.8 Å². The van der Waals surface area contributed by atoms with Crippen molar-refractivity contribution in [3.63, 3.8) is 0 Å². The van der Waals surface area contributed by atoms with E-state index in [1.54, 1.807) is 6.92 Å². The zero-order valence-electron chi connectivity index (χ0n) is 9.87. The van der Waals surface area contributed by atoms with Crippen LogP contribution >= 0.6 is 12.2 Å². The molecule has 0 fully saturated rings. The SMILES string of the molecule is Cc1ccc(C)c(NC(=S)NC[C@@H](C)O)c1. The van der Waals surface area contributed by atoms with Crippen LogP contribution in [0.1, 0.15) is 18.1 Å². The molecule has 0 spiro atoms. The van der Waals surface area contributed by atoms with E-state index in [4.69, 9.17) is 17.3 Å². The van der Waals surface area contributed by atoms with Crippen LogP contribution in [-0.2, 0) is 0 Å². The van der Waals surface area contributed by atoms with Gasteiger partial charge in [0.05, 0.1) is 6.10 Å². The van der Waals surface area contributed by atoms with Gasteiger partial charge in [-0.3, -0.25) is 0 Å². The van der Waals surface area contributed by atoms with Crippen molar-refractivity contribution in [2.45, 2.75) is 26.9 Å². The zero-order chi connectivity index (χ0) is 12.1. The highest BCUT2D eigenvalue weighted by Crippen LogP contribution is 2.15. The van der Waals surface area contributed by atoms with Crippen LogP contribution in [0.3, 0.4) is 0 Å². The van der Waals surface area contributed by atoms with Crippen molar-refractivity contribution in [1.82, 2.24) is 5.32 Å². The fourth-order valence-electron chi connectivity index (χ4n) is 1.28. The lowest BCUT2D eigenvalue weighted by Gasteiger charge is -2.13. The Morgan fingerprint density at radius 1 is 1.44 bits per heavy atom. The summed E-state index contributed by atoms with van der Waals surface area (Å²) in [5.41, 5.74) is 3.33. The molecule has 0 saturated heterocycles. The maximum Gasteiger partial charge on any atom is 0.170 e. The summed E-state index contributed by atoms with van der Waals surface area (Å²) in [5, 5.41) is 15.7. The van der Waals surface area contributed by atoms with Crippen LogP contribution in [0.15, 0.2) is 18.2 Å². The van der Waals surface area contributed by atoms with Crippen LogP contribution in [0.2, 0.25) is 0 Å². The Hall–Kier alpha value is -1.13. The Labute approximate surface area is 102 Å². The first-order chi connectivity index (χ1) is 7.49. The van der Waals surface area contributed by atoms with Gasteiger partial charge in [0.2, 0.25) is 0 Å². The Bertz CT molecular complexity index is 377. The Balaban J connectivity index is 2.59. The molecule has 1 aromatic rings. The van der Waals surface area contributed by atoms with Crippen LogP contribution in [0, 0.1) is 13.8 Å². The second kappa shape index (κ2) is 5.82. The monoisotopic (exact) mass is 238 g/mol. The fourth-order valence-corrected chi connectivity index (χ4v) is 1.47. The Morgan fingerprint density at radius 2 is 2.12 bits per heavy atom. The lowest BCUT2D eigenvalue weighted by atomic mass is 10.1. The van der Waals surface area contributed by atoms with E-state index in [9.17, 15) is 0 Å². The average Bonchev–Trinajstić information content (AvgIpc) is 2.20. The third-order valence-corrected chi connectivity index (χ3v) is 2.45. The minimum absolute atomic E-state index is 0.404. The van der Waals surface area contributed by atoms with Crippen LogP contribution in [0.5, 0.6) is 0 Å². The van der Waals surface area contributed by atoms with Crippen molar-refractivity contribution >= 4 is 23.0 Å². The molecule has 1 rings (SSSR count). The van der Waals surface area contributed by atoms with E-state index in [0.29, 0.717) is 11.7 Å². The number of nitrogens with one attached hydrogen (secondary N) is 2. The summed E-state index contributed by atoms with van der Waals surface area (Å²) in [4.78, 5) is 0. The van der Waals surface area contributed by atoms with Gasteiger partial charge in [-0.2, -0.15) is 0 Å². The third kappa shape index (κ3) is 4.16. The quantitative estimate of drug-likeness (QED) is 0.705. The van der Waals surface area contributed by atoms with Gasteiger partial charge >= 0.3 is 0 Å². The van der Waals surface area contributed by atoms with Gasteiger partial charge < -0.3 is 15.7 Å². The Kier molecular flexibility index (Phi) is 4.71. The molecule has 4 heteroatoms. The number of hydrogen-bond acceptors (Lipinski definition) is 2. The molecule has 0 radical (unpaired) electrons. The first-order valence-corrected chi connectivity index (χ1v) is 5.70. The van der Waals surface area contributed by atoms with Crippen LogP contribution < -0.4 is 10.6 Å². The number of anilines is 1. The maximum atomic E-state index is 9.12. The molecule has 0 saturated carbocycles. The molecule has 1 aromatic carbocycles. The summed E-state index contributed by atoms with van der Waals surface area (Å²) in [6.45, 7) is 6.24. The van der Waals surface area contributed by atoms with E-state index in [0.717, 1.165) is 11.3 Å². The van der Waals surface area contributed by atoms with E-state index >= 15 is 0 Å². The van der Waals surface area contributed by atoms with Crippen molar-refractivity contribution < 1.29 is 5.11 Å². The standard InChI is InChI=1S/C12H18N2OS/c1-8-4-5-9(2)11(6-8)14-12(16)13-7-10(3)15/h4-6,10,15H,7H2,1-3H3,(H2,13,14,16)/t10-/m1/s1. The first-order valence-electron chi connectivity index (χ1n) is 5.29. The van der Waals surface area contributed by atoms with E-state index < -0.39 is 6.10 Å². The lowest BCUT2D eigenvalue weighted by Crippen LogP contribution is -2.34. The molecule has 88 valence electrons. The highest BCUT2D eigenvalue weighted by molar-refractivity contribution is 7.80. The van der Waals surface area contributed by atoms with Crippen molar-refractivity contribution in [1.29, 1.82) is 0 Å². The molecular formula is C12H18N2OS. The molecule has 0 amide bonds. The summed E-state index contributed by atoms with van der Waals surface area (Å²) in [5.74, 6) is 0. The second-order valence-electron chi connectivity index (χ2n) is 4.00.